The van der Waals surface area contributed by atoms with Crippen LogP contribution in [0.4, 0.5) is 0 Å². The van der Waals surface area contributed by atoms with Gasteiger partial charge in [-0.25, -0.2) is 0 Å². The second kappa shape index (κ2) is 12.2. The first kappa shape index (κ1) is 26.9. The quantitative estimate of drug-likeness (QED) is 0.453. The number of nitrogens with one attached hydrogen (secondary N) is 1. The van der Waals surface area contributed by atoms with Gasteiger partial charge in [0.1, 0.15) is 11.8 Å². The van der Waals surface area contributed by atoms with Crippen LogP contribution in [0.15, 0.2) is 53.0 Å². The lowest BCUT2D eigenvalue weighted by Crippen LogP contribution is -2.51. The molecule has 0 aliphatic rings. The Balaban J connectivity index is 2.12. The van der Waals surface area contributed by atoms with Gasteiger partial charge in [-0.2, -0.15) is 0 Å². The molecule has 180 valence electrons. The number of benzene rings is 2. The molecule has 1 N–H and O–H groups in total. The number of nitrogens with zero attached hydrogens (tertiary/aromatic N) is 1. The molecule has 0 aromatic heterocycles. The molecule has 2 unspecified atom stereocenters. The predicted molar refractivity (Wildman–Crippen MR) is 138 cm³/mol. The first-order valence-corrected chi connectivity index (χ1v) is 12.4. The second-order valence-corrected chi connectivity index (χ2v) is 10.4. The summed E-state index contributed by atoms with van der Waals surface area (Å²) >= 11 is 3.56. The van der Waals surface area contributed by atoms with E-state index in [9.17, 15) is 9.59 Å². The van der Waals surface area contributed by atoms with Crippen molar-refractivity contribution in [1.29, 1.82) is 0 Å². The summed E-state index contributed by atoms with van der Waals surface area (Å²) in [6.45, 7) is 12.5. The maximum atomic E-state index is 13.2. The van der Waals surface area contributed by atoms with E-state index >= 15 is 0 Å². The topological polar surface area (TPSA) is 58.6 Å². The summed E-state index contributed by atoms with van der Waals surface area (Å²) < 4.78 is 6.67. The molecule has 0 heterocycles. The average molecular weight is 518 g/mol. The van der Waals surface area contributed by atoms with Gasteiger partial charge in [0.2, 0.25) is 5.91 Å². The van der Waals surface area contributed by atoms with Gasteiger partial charge in [0.05, 0.1) is 4.47 Å². The highest BCUT2D eigenvalue weighted by atomic mass is 79.9. The number of hydrogen-bond acceptors (Lipinski definition) is 3. The Morgan fingerprint density at radius 2 is 1.76 bits per heavy atom. The minimum Gasteiger partial charge on any atom is -0.483 e. The zero-order chi connectivity index (χ0) is 24.6. The summed E-state index contributed by atoms with van der Waals surface area (Å²) in [5.41, 5.74) is 2.31. The van der Waals surface area contributed by atoms with Crippen molar-refractivity contribution in [3.63, 3.8) is 0 Å². The van der Waals surface area contributed by atoms with E-state index in [2.05, 4.69) is 42.0 Å². The Hall–Kier alpha value is -2.34. The van der Waals surface area contributed by atoms with Gasteiger partial charge >= 0.3 is 0 Å². The van der Waals surface area contributed by atoms with Crippen LogP contribution in [0, 0.1) is 0 Å². The first-order chi connectivity index (χ1) is 15.5. The fraction of sp³-hybridized carbons (Fsp3) is 0.481. The van der Waals surface area contributed by atoms with Crippen LogP contribution in [0.25, 0.3) is 0 Å². The summed E-state index contributed by atoms with van der Waals surface area (Å²) in [4.78, 5) is 27.6. The number of halogens is 1. The maximum absolute atomic E-state index is 13.2. The van der Waals surface area contributed by atoms with Crippen LogP contribution in [0.5, 0.6) is 5.75 Å². The molecule has 33 heavy (non-hydrogen) atoms. The average Bonchev–Trinajstić information content (AvgIpc) is 2.78. The van der Waals surface area contributed by atoms with Gasteiger partial charge < -0.3 is 15.0 Å². The van der Waals surface area contributed by atoms with Crippen LogP contribution in [-0.4, -0.2) is 41.9 Å². The molecule has 0 aliphatic heterocycles. The lowest BCUT2D eigenvalue weighted by atomic mass is 9.87. The smallest absolute Gasteiger partial charge is 0.261 e. The van der Waals surface area contributed by atoms with Gasteiger partial charge in [0, 0.05) is 12.6 Å². The Morgan fingerprint density at radius 1 is 1.09 bits per heavy atom. The highest BCUT2D eigenvalue weighted by molar-refractivity contribution is 9.10. The number of carbonyl (C=O) groups excluding carboxylic acids is 2. The van der Waals surface area contributed by atoms with Crippen LogP contribution in [-0.2, 0) is 21.4 Å². The first-order valence-electron chi connectivity index (χ1n) is 11.6. The summed E-state index contributed by atoms with van der Waals surface area (Å²) in [5.74, 6) is 0.238. The van der Waals surface area contributed by atoms with Crippen molar-refractivity contribution in [2.45, 2.75) is 71.9 Å². The van der Waals surface area contributed by atoms with Crippen LogP contribution in [0.2, 0.25) is 0 Å². The van der Waals surface area contributed by atoms with Gasteiger partial charge in [-0.05, 0) is 71.3 Å². The summed E-state index contributed by atoms with van der Waals surface area (Å²) in [6.07, 6.45) is 1.50. The minimum absolute atomic E-state index is 0.0174. The number of ether oxygens (including phenoxy) is 1. The molecule has 6 heteroatoms. The van der Waals surface area contributed by atoms with E-state index in [1.807, 2.05) is 62.4 Å². The van der Waals surface area contributed by atoms with Gasteiger partial charge in [-0.3, -0.25) is 9.59 Å². The van der Waals surface area contributed by atoms with Gasteiger partial charge in [0.25, 0.3) is 5.91 Å². The normalized spacial score (nSPS) is 13.2. The summed E-state index contributed by atoms with van der Waals surface area (Å²) in [6, 6.07) is 15.3. The van der Waals surface area contributed by atoms with Crippen LogP contribution >= 0.6 is 15.9 Å². The van der Waals surface area contributed by atoms with E-state index < -0.39 is 6.04 Å². The van der Waals surface area contributed by atoms with E-state index in [0.29, 0.717) is 18.7 Å². The van der Waals surface area contributed by atoms with E-state index in [0.717, 1.165) is 16.5 Å². The summed E-state index contributed by atoms with van der Waals surface area (Å²) in [5, 5.41) is 2.98. The van der Waals surface area contributed by atoms with Gasteiger partial charge in [0.15, 0.2) is 6.61 Å². The largest absolute Gasteiger partial charge is 0.483 e. The van der Waals surface area contributed by atoms with Crippen LogP contribution in [0.1, 0.15) is 59.1 Å². The molecule has 2 aromatic carbocycles. The SMILES string of the molecule is CCC(C)NC(=O)C(C)N(CCc1ccccc1)C(=O)COc1ccc(C(C)(C)C)cc1Br. The molecule has 0 spiro atoms. The number of carbonyl (C=O) groups is 2. The van der Waals surface area contributed by atoms with Crippen LogP contribution < -0.4 is 10.1 Å². The molecular formula is C27H37BrN2O3. The fourth-order valence-corrected chi connectivity index (χ4v) is 3.84. The second-order valence-electron chi connectivity index (χ2n) is 9.50. The van der Waals surface area contributed by atoms with Crippen molar-refractivity contribution < 1.29 is 14.3 Å². The Labute approximate surface area is 207 Å². The highest BCUT2D eigenvalue weighted by Crippen LogP contribution is 2.31. The molecule has 0 fully saturated rings. The molecule has 5 nitrogen and oxygen atoms in total. The number of hydrogen-bond donors (Lipinski definition) is 1. The van der Waals surface area contributed by atoms with E-state index in [4.69, 9.17) is 4.74 Å². The van der Waals surface area contributed by atoms with Crippen LogP contribution in [0.3, 0.4) is 0 Å². The molecule has 0 saturated carbocycles. The number of amides is 2. The van der Waals surface area contributed by atoms with Crippen molar-refractivity contribution in [2.24, 2.45) is 0 Å². The molecule has 0 saturated heterocycles. The van der Waals surface area contributed by atoms with E-state index in [1.165, 1.54) is 5.56 Å². The van der Waals surface area contributed by atoms with Crippen molar-refractivity contribution in [3.05, 3.63) is 64.1 Å². The molecule has 2 atom stereocenters. The van der Waals surface area contributed by atoms with Gasteiger partial charge in [-0.15, -0.1) is 0 Å². The predicted octanol–water partition coefficient (Wildman–Crippen LogP) is 5.50. The monoisotopic (exact) mass is 516 g/mol. The maximum Gasteiger partial charge on any atom is 0.261 e. The van der Waals surface area contributed by atoms with E-state index in [1.54, 1.807) is 11.8 Å². The Kier molecular flexibility index (Phi) is 9.96. The third-order valence-corrected chi connectivity index (χ3v) is 6.42. The molecular weight excluding hydrogens is 480 g/mol. The highest BCUT2D eigenvalue weighted by Gasteiger charge is 2.27. The summed E-state index contributed by atoms with van der Waals surface area (Å²) in [7, 11) is 0. The standard InChI is InChI=1S/C27H37BrN2O3/c1-7-19(2)29-26(32)20(3)30(16-15-21-11-9-8-10-12-21)25(31)18-33-24-14-13-22(17-23(24)28)27(4,5)6/h8-14,17,19-20H,7,15-16,18H2,1-6H3,(H,29,32). The lowest BCUT2D eigenvalue weighted by Gasteiger charge is -2.29. The molecule has 2 amide bonds. The van der Waals surface area contributed by atoms with E-state index in [-0.39, 0.29) is 29.9 Å². The zero-order valence-electron chi connectivity index (χ0n) is 20.7. The number of rotatable bonds is 10. The molecule has 2 rings (SSSR count). The molecule has 0 bridgehead atoms. The Bertz CT molecular complexity index is 925. The fourth-order valence-electron chi connectivity index (χ4n) is 3.34. The molecule has 0 aliphatic carbocycles. The third kappa shape index (κ3) is 8.18. The third-order valence-electron chi connectivity index (χ3n) is 5.80. The van der Waals surface area contributed by atoms with Crippen molar-refractivity contribution in [3.8, 4) is 5.75 Å². The Morgan fingerprint density at radius 3 is 2.33 bits per heavy atom. The lowest BCUT2D eigenvalue weighted by molar-refractivity contribution is -0.141. The van der Waals surface area contributed by atoms with Crippen molar-refractivity contribution >= 4 is 27.7 Å². The molecule has 2 aromatic rings. The minimum atomic E-state index is -0.592. The van der Waals surface area contributed by atoms with Crippen molar-refractivity contribution in [2.75, 3.05) is 13.2 Å². The van der Waals surface area contributed by atoms with Crippen molar-refractivity contribution in [1.82, 2.24) is 10.2 Å². The molecule has 0 radical (unpaired) electrons. The zero-order valence-corrected chi connectivity index (χ0v) is 22.2. The van der Waals surface area contributed by atoms with Gasteiger partial charge in [-0.1, -0.05) is 64.1 Å².